The molecule has 0 fully saturated rings. The Balaban J connectivity index is 0.658. The maximum Gasteiger partial charge on any atom is 0.135 e. The van der Waals surface area contributed by atoms with Crippen molar-refractivity contribution in [2.24, 2.45) is 0 Å². The molecule has 0 N–H and O–H groups in total. The smallest absolute Gasteiger partial charge is 0.135 e. The zero-order valence-corrected chi connectivity index (χ0v) is 59.7. The van der Waals surface area contributed by atoms with Gasteiger partial charge >= 0.3 is 0 Å². The SMILES string of the molecule is CC1(C)c2cc(-c3cc(-c4cccc(-c5c6ccccc6c(-c6cccc7ccccc67)c6ccc(-c7ccc8oc9ccccc9c8c7)cc56)c4)c4ccccc4c3)ccc2-c2ccc(-c3ccc4c(-c5cccc6ccccc56)c5ccccc5c(-c5ccc(-c6ccc7ccccc7c6)cc5)c4c3)cc21. The molecule has 1 heteroatoms. The first kappa shape index (κ1) is 61.7. The van der Waals surface area contributed by atoms with E-state index in [1.165, 1.54) is 197 Å². The first-order valence-corrected chi connectivity index (χ1v) is 37.7. The average Bonchev–Trinajstić information content (AvgIpc) is 1.48. The van der Waals surface area contributed by atoms with Crippen LogP contribution in [-0.4, -0.2) is 0 Å². The highest BCUT2D eigenvalue weighted by Gasteiger charge is 2.36. The summed E-state index contributed by atoms with van der Waals surface area (Å²) in [6.07, 6.45) is 0. The van der Waals surface area contributed by atoms with Gasteiger partial charge in [0.2, 0.25) is 0 Å². The van der Waals surface area contributed by atoms with Gasteiger partial charge in [0, 0.05) is 16.2 Å². The summed E-state index contributed by atoms with van der Waals surface area (Å²) in [5.41, 5.74) is 28.5. The number of benzene rings is 20. The van der Waals surface area contributed by atoms with E-state index in [4.69, 9.17) is 4.42 Å². The van der Waals surface area contributed by atoms with Gasteiger partial charge in [0.1, 0.15) is 11.2 Å². The van der Waals surface area contributed by atoms with Gasteiger partial charge in [0.25, 0.3) is 0 Å². The molecule has 0 spiro atoms. The van der Waals surface area contributed by atoms with Crippen LogP contribution in [0, 0.1) is 0 Å². The standard InChI is InChI=1S/C107H68O/c1-107(2)99-63-75(73-49-54-93-97(61-73)103(69-43-40-66(41-44-69)71-45-42-65-20-3-4-23-70(65)56-71)89-33-11-13-35-91(89)105(93)87-37-18-25-67-21-5-8-29-81(67)87)46-51-84(99)85-52-47-76(64-100(85)107)80-58-77-24-7-10-31-83(77)95(62-80)78-27-17-28-79(57-78)104-90-34-12-14-36-92(90)106(88-38-19-26-68-22-6-9-30-82(68)88)94-53-48-72(60-98(94)104)74-50-55-102-96(59-74)86-32-15-16-39-101(86)108-102/h3-64H,1-2H3. The first-order valence-electron chi connectivity index (χ1n) is 37.7. The summed E-state index contributed by atoms with van der Waals surface area (Å²) in [5, 5.41) is 21.9. The molecule has 0 atom stereocenters. The van der Waals surface area contributed by atoms with Crippen LogP contribution in [0.4, 0.5) is 0 Å². The van der Waals surface area contributed by atoms with Crippen molar-refractivity contribution in [3.05, 3.63) is 387 Å². The Kier molecular flexibility index (Phi) is 13.8. The van der Waals surface area contributed by atoms with Gasteiger partial charge < -0.3 is 4.42 Å². The van der Waals surface area contributed by atoms with E-state index in [0.29, 0.717) is 0 Å². The summed E-state index contributed by atoms with van der Waals surface area (Å²) < 4.78 is 6.36. The minimum atomic E-state index is -0.299. The van der Waals surface area contributed by atoms with Gasteiger partial charge in [-0.25, -0.2) is 0 Å². The van der Waals surface area contributed by atoms with Crippen molar-refractivity contribution in [1.82, 2.24) is 0 Å². The van der Waals surface area contributed by atoms with E-state index in [9.17, 15) is 0 Å². The number of para-hydroxylation sites is 1. The maximum absolute atomic E-state index is 6.36. The Labute approximate surface area is 626 Å². The van der Waals surface area contributed by atoms with Crippen molar-refractivity contribution >= 4 is 108 Å². The second-order valence-electron chi connectivity index (χ2n) is 30.1. The molecule has 1 nitrogen and oxygen atoms in total. The normalized spacial score (nSPS) is 12.6. The molecule has 0 unspecified atom stereocenters. The Morgan fingerprint density at radius 1 is 0.167 bits per heavy atom. The third-order valence-electron chi connectivity index (χ3n) is 23.8. The highest BCUT2D eigenvalue weighted by atomic mass is 16.3. The number of rotatable bonds is 9. The van der Waals surface area contributed by atoms with Crippen molar-refractivity contribution < 1.29 is 4.42 Å². The highest BCUT2D eigenvalue weighted by molar-refractivity contribution is 6.26. The molecule has 1 heterocycles. The largest absolute Gasteiger partial charge is 0.456 e. The van der Waals surface area contributed by atoms with Crippen LogP contribution in [0.25, 0.3) is 219 Å². The Bertz CT molecular complexity index is 7370. The van der Waals surface area contributed by atoms with Crippen molar-refractivity contribution in [3.8, 4) is 111 Å². The van der Waals surface area contributed by atoms with Crippen LogP contribution >= 0.6 is 0 Å². The molecule has 0 amide bonds. The van der Waals surface area contributed by atoms with E-state index >= 15 is 0 Å². The van der Waals surface area contributed by atoms with Crippen molar-refractivity contribution in [2.45, 2.75) is 19.3 Å². The van der Waals surface area contributed by atoms with Gasteiger partial charge in [-0.2, -0.15) is 0 Å². The quantitative estimate of drug-likeness (QED) is 0.131. The van der Waals surface area contributed by atoms with E-state index in [0.717, 1.165) is 33.1 Å². The third kappa shape index (κ3) is 9.72. The molecule has 0 bridgehead atoms. The molecule has 20 aromatic carbocycles. The summed E-state index contributed by atoms with van der Waals surface area (Å²) in [6.45, 7) is 4.85. The fraction of sp³-hybridized carbons (Fsp3) is 0.0280. The molecule has 0 radical (unpaired) electrons. The molecule has 21 aromatic rings. The van der Waals surface area contributed by atoms with Gasteiger partial charge in [-0.15, -0.1) is 0 Å². The minimum Gasteiger partial charge on any atom is -0.456 e. The van der Waals surface area contributed by atoms with Crippen molar-refractivity contribution in [3.63, 3.8) is 0 Å². The fourth-order valence-corrected chi connectivity index (χ4v) is 18.6. The summed E-state index contributed by atoms with van der Waals surface area (Å²) in [4.78, 5) is 0. The minimum absolute atomic E-state index is 0.299. The number of hydrogen-bond donors (Lipinski definition) is 0. The lowest BCUT2D eigenvalue weighted by atomic mass is 9.80. The van der Waals surface area contributed by atoms with E-state index < -0.39 is 0 Å². The number of hydrogen-bond acceptors (Lipinski definition) is 1. The highest BCUT2D eigenvalue weighted by Crippen LogP contribution is 2.54. The summed E-state index contributed by atoms with van der Waals surface area (Å²) in [6, 6.07) is 141. The zero-order valence-electron chi connectivity index (χ0n) is 59.7. The van der Waals surface area contributed by atoms with E-state index in [2.05, 4.69) is 384 Å². The lowest BCUT2D eigenvalue weighted by Crippen LogP contribution is -2.15. The van der Waals surface area contributed by atoms with Crippen molar-refractivity contribution in [2.75, 3.05) is 0 Å². The number of furan rings is 1. The molecule has 502 valence electrons. The molecular weight excluding hydrogens is 1300 g/mol. The molecule has 108 heavy (non-hydrogen) atoms. The molecule has 1 aliphatic carbocycles. The second kappa shape index (κ2) is 24.2. The van der Waals surface area contributed by atoms with Crippen LogP contribution in [0.1, 0.15) is 25.0 Å². The lowest BCUT2D eigenvalue weighted by molar-refractivity contribution is 0.661. The lowest BCUT2D eigenvalue weighted by Gasteiger charge is -2.23. The topological polar surface area (TPSA) is 13.1 Å². The van der Waals surface area contributed by atoms with Crippen LogP contribution in [0.15, 0.2) is 381 Å². The number of fused-ring (bicyclic) bond motifs is 14. The van der Waals surface area contributed by atoms with Crippen LogP contribution in [0.3, 0.4) is 0 Å². The monoisotopic (exact) mass is 1370 g/mol. The van der Waals surface area contributed by atoms with Crippen molar-refractivity contribution in [1.29, 1.82) is 0 Å². The molecule has 0 saturated carbocycles. The zero-order chi connectivity index (χ0) is 71.3. The first-order chi connectivity index (χ1) is 53.3. The summed E-state index contributed by atoms with van der Waals surface area (Å²) >= 11 is 0. The molecule has 0 aliphatic heterocycles. The third-order valence-corrected chi connectivity index (χ3v) is 23.8. The molecule has 1 aliphatic rings. The maximum atomic E-state index is 6.36. The Hall–Kier alpha value is -13.7. The molecule has 1 aromatic heterocycles. The predicted octanol–water partition coefficient (Wildman–Crippen LogP) is 30.1. The molecular formula is C107H68O. The van der Waals surface area contributed by atoms with Crippen LogP contribution in [0.5, 0.6) is 0 Å². The average molecular weight is 1370 g/mol. The van der Waals surface area contributed by atoms with Crippen LogP contribution in [0.2, 0.25) is 0 Å². The van der Waals surface area contributed by atoms with E-state index in [1.807, 2.05) is 6.07 Å². The van der Waals surface area contributed by atoms with Gasteiger partial charge in [-0.3, -0.25) is 0 Å². The Morgan fingerprint density at radius 2 is 0.546 bits per heavy atom. The van der Waals surface area contributed by atoms with Gasteiger partial charge in [0.05, 0.1) is 0 Å². The fourth-order valence-electron chi connectivity index (χ4n) is 18.6. The summed E-state index contributed by atoms with van der Waals surface area (Å²) in [7, 11) is 0. The summed E-state index contributed by atoms with van der Waals surface area (Å²) in [5.74, 6) is 0. The predicted molar refractivity (Wildman–Crippen MR) is 460 cm³/mol. The molecule has 22 rings (SSSR count). The van der Waals surface area contributed by atoms with Gasteiger partial charge in [-0.05, 0) is 275 Å². The van der Waals surface area contributed by atoms with Crippen LogP contribution < -0.4 is 0 Å². The Morgan fingerprint density at radius 3 is 1.16 bits per heavy atom. The van der Waals surface area contributed by atoms with Gasteiger partial charge in [-0.1, -0.05) is 323 Å². The van der Waals surface area contributed by atoms with E-state index in [1.54, 1.807) is 0 Å². The van der Waals surface area contributed by atoms with Gasteiger partial charge in [0.15, 0.2) is 0 Å². The second-order valence-corrected chi connectivity index (χ2v) is 30.1. The molecule has 0 saturated heterocycles. The van der Waals surface area contributed by atoms with Crippen LogP contribution in [-0.2, 0) is 5.41 Å². The van der Waals surface area contributed by atoms with E-state index in [-0.39, 0.29) is 5.41 Å².